The number of hydrogen-bond acceptors (Lipinski definition) is 3. The fourth-order valence-corrected chi connectivity index (χ4v) is 4.38. The highest BCUT2D eigenvalue weighted by Gasteiger charge is 2.21. The average Bonchev–Trinajstić information content (AvgIpc) is 3.14. The van der Waals surface area contributed by atoms with Gasteiger partial charge in [0.15, 0.2) is 5.16 Å². The number of carbonyl (C=O) groups excluding carboxylic acids is 1. The Morgan fingerprint density at radius 2 is 1.96 bits per heavy atom. The molecule has 4 rings (SSSR count). The first-order valence-electron chi connectivity index (χ1n) is 9.34. The highest BCUT2D eigenvalue weighted by Crippen LogP contribution is 2.29. The number of thioether (sulfide) groups is 1. The molecule has 4 nitrogen and oxygen atoms in total. The molecule has 3 aromatic rings. The van der Waals surface area contributed by atoms with Crippen molar-refractivity contribution in [2.45, 2.75) is 37.0 Å². The number of rotatable bonds is 6. The van der Waals surface area contributed by atoms with Crippen LogP contribution in [0.2, 0.25) is 0 Å². The van der Waals surface area contributed by atoms with Crippen molar-refractivity contribution >= 4 is 17.7 Å². The minimum Gasteiger partial charge on any atom is -0.349 e. The van der Waals surface area contributed by atoms with Gasteiger partial charge < -0.3 is 9.88 Å². The summed E-state index contributed by atoms with van der Waals surface area (Å²) in [5.41, 5.74) is 3.85. The summed E-state index contributed by atoms with van der Waals surface area (Å²) in [4.78, 5) is 16.9. The van der Waals surface area contributed by atoms with Crippen molar-refractivity contribution in [2.24, 2.45) is 0 Å². The van der Waals surface area contributed by atoms with E-state index in [1.54, 1.807) is 6.20 Å². The van der Waals surface area contributed by atoms with Crippen molar-refractivity contribution in [1.29, 1.82) is 0 Å². The quantitative estimate of drug-likeness (QED) is 0.655. The molecule has 0 bridgehead atoms. The maximum absolute atomic E-state index is 12.5. The molecule has 0 fully saturated rings. The van der Waals surface area contributed by atoms with Gasteiger partial charge in [0, 0.05) is 18.9 Å². The molecule has 1 aliphatic carbocycles. The van der Waals surface area contributed by atoms with Gasteiger partial charge in [-0.25, -0.2) is 4.98 Å². The van der Waals surface area contributed by atoms with Crippen LogP contribution >= 0.6 is 11.8 Å². The molecule has 1 heterocycles. The largest absolute Gasteiger partial charge is 0.349 e. The van der Waals surface area contributed by atoms with Gasteiger partial charge in [-0.2, -0.15) is 0 Å². The Labute approximate surface area is 164 Å². The zero-order valence-corrected chi connectivity index (χ0v) is 16.0. The van der Waals surface area contributed by atoms with E-state index in [2.05, 4.69) is 51.3 Å². The van der Waals surface area contributed by atoms with Crippen LogP contribution < -0.4 is 5.32 Å². The van der Waals surface area contributed by atoms with Crippen LogP contribution in [0.5, 0.6) is 0 Å². The maximum atomic E-state index is 12.5. The highest BCUT2D eigenvalue weighted by molar-refractivity contribution is 7.99. The number of fused-ring (bicyclic) bond motifs is 1. The van der Waals surface area contributed by atoms with E-state index < -0.39 is 0 Å². The molecular weight excluding hydrogens is 354 g/mol. The first-order valence-corrected chi connectivity index (χ1v) is 10.3. The molecule has 0 unspecified atom stereocenters. The Hall–Kier alpha value is -2.53. The number of nitrogens with zero attached hydrogens (tertiary/aromatic N) is 2. The lowest BCUT2D eigenvalue weighted by Crippen LogP contribution is -2.32. The van der Waals surface area contributed by atoms with Crippen LogP contribution in [0.25, 0.3) is 0 Å². The van der Waals surface area contributed by atoms with Crippen molar-refractivity contribution in [1.82, 2.24) is 14.9 Å². The van der Waals surface area contributed by atoms with E-state index >= 15 is 0 Å². The van der Waals surface area contributed by atoms with Gasteiger partial charge >= 0.3 is 0 Å². The minimum absolute atomic E-state index is 0.0657. The van der Waals surface area contributed by atoms with Crippen LogP contribution in [-0.2, 0) is 17.8 Å². The molecule has 5 heteroatoms. The fourth-order valence-electron chi connectivity index (χ4n) is 3.61. The average molecular weight is 378 g/mol. The van der Waals surface area contributed by atoms with E-state index in [9.17, 15) is 4.79 Å². The van der Waals surface area contributed by atoms with E-state index in [4.69, 9.17) is 0 Å². The Kier molecular flexibility index (Phi) is 5.58. The van der Waals surface area contributed by atoms with Crippen LogP contribution in [0.4, 0.5) is 0 Å². The Morgan fingerprint density at radius 3 is 2.85 bits per heavy atom. The summed E-state index contributed by atoms with van der Waals surface area (Å²) in [5, 5.41) is 4.08. The Morgan fingerprint density at radius 1 is 1.15 bits per heavy atom. The van der Waals surface area contributed by atoms with Crippen LogP contribution in [0.3, 0.4) is 0 Å². The number of imidazole rings is 1. The van der Waals surface area contributed by atoms with E-state index in [-0.39, 0.29) is 11.9 Å². The minimum atomic E-state index is 0.0657. The first-order chi connectivity index (χ1) is 13.3. The first kappa shape index (κ1) is 17.9. The van der Waals surface area contributed by atoms with Crippen molar-refractivity contribution in [2.75, 3.05) is 5.75 Å². The van der Waals surface area contributed by atoms with E-state index in [0.29, 0.717) is 5.75 Å². The Balaban J connectivity index is 1.35. The summed E-state index contributed by atoms with van der Waals surface area (Å²) in [6.45, 7) is 0.765. The van der Waals surface area contributed by atoms with Gasteiger partial charge in [0.25, 0.3) is 0 Å². The molecule has 1 aliphatic rings. The molecule has 0 spiro atoms. The molecule has 27 heavy (non-hydrogen) atoms. The Bertz CT molecular complexity index is 907. The third kappa shape index (κ3) is 4.42. The summed E-state index contributed by atoms with van der Waals surface area (Å²) in [6.07, 6.45) is 6.99. The predicted octanol–water partition coefficient (Wildman–Crippen LogP) is 4.22. The molecule has 1 atom stereocenters. The van der Waals surface area contributed by atoms with Crippen LogP contribution in [0, 0.1) is 0 Å². The van der Waals surface area contributed by atoms with Gasteiger partial charge in [0.1, 0.15) is 0 Å². The third-order valence-electron chi connectivity index (χ3n) is 4.91. The van der Waals surface area contributed by atoms with Crippen LogP contribution in [0.15, 0.2) is 72.1 Å². The lowest BCUT2D eigenvalue weighted by atomic mass is 9.88. The van der Waals surface area contributed by atoms with Crippen LogP contribution in [-0.4, -0.2) is 21.2 Å². The molecule has 2 aromatic carbocycles. The second kappa shape index (κ2) is 8.44. The SMILES string of the molecule is O=C(CSc1nccn1Cc1ccccc1)N[C@@H]1CCCc2ccccc21. The number of carbonyl (C=O) groups is 1. The van der Waals surface area contributed by atoms with Crippen molar-refractivity contribution < 1.29 is 4.79 Å². The van der Waals surface area contributed by atoms with Crippen molar-refractivity contribution in [3.63, 3.8) is 0 Å². The zero-order chi connectivity index (χ0) is 18.5. The van der Waals surface area contributed by atoms with Gasteiger partial charge in [-0.1, -0.05) is 66.4 Å². The summed E-state index contributed by atoms with van der Waals surface area (Å²) in [5.74, 6) is 0.445. The van der Waals surface area contributed by atoms with Gasteiger partial charge in [-0.3, -0.25) is 4.79 Å². The second-order valence-electron chi connectivity index (χ2n) is 6.82. The molecule has 0 saturated carbocycles. The second-order valence-corrected chi connectivity index (χ2v) is 7.77. The zero-order valence-electron chi connectivity index (χ0n) is 15.2. The predicted molar refractivity (Wildman–Crippen MR) is 109 cm³/mol. The lowest BCUT2D eigenvalue weighted by Gasteiger charge is -2.26. The monoisotopic (exact) mass is 377 g/mol. The van der Waals surface area contributed by atoms with E-state index in [1.807, 2.05) is 24.4 Å². The molecule has 1 N–H and O–H groups in total. The number of aromatic nitrogens is 2. The normalized spacial score (nSPS) is 15.9. The lowest BCUT2D eigenvalue weighted by molar-refractivity contribution is -0.119. The molecule has 138 valence electrons. The molecule has 0 aliphatic heterocycles. The number of amides is 1. The molecule has 0 radical (unpaired) electrons. The smallest absolute Gasteiger partial charge is 0.230 e. The number of benzene rings is 2. The highest BCUT2D eigenvalue weighted by atomic mass is 32.2. The standard InChI is InChI=1S/C22H23N3OS/c26-21(24-20-12-6-10-18-9-4-5-11-19(18)20)16-27-22-23-13-14-25(22)15-17-7-2-1-3-8-17/h1-5,7-9,11,13-14,20H,6,10,12,15-16H2,(H,24,26)/t20-/m1/s1. The van der Waals surface area contributed by atoms with Crippen molar-refractivity contribution in [3.8, 4) is 0 Å². The fraction of sp³-hybridized carbons (Fsp3) is 0.273. The van der Waals surface area contributed by atoms with Crippen LogP contribution in [0.1, 0.15) is 35.6 Å². The number of hydrogen-bond donors (Lipinski definition) is 1. The molecule has 0 saturated heterocycles. The van der Waals surface area contributed by atoms with Gasteiger partial charge in [-0.15, -0.1) is 0 Å². The molecule has 1 aromatic heterocycles. The van der Waals surface area contributed by atoms with Crippen molar-refractivity contribution in [3.05, 3.63) is 83.7 Å². The molecule has 1 amide bonds. The van der Waals surface area contributed by atoms with Gasteiger partial charge in [0.2, 0.25) is 5.91 Å². The summed E-state index contributed by atoms with van der Waals surface area (Å²) < 4.78 is 2.09. The topological polar surface area (TPSA) is 46.9 Å². The summed E-state index contributed by atoms with van der Waals surface area (Å²) >= 11 is 1.49. The number of aryl methyl sites for hydroxylation is 1. The maximum Gasteiger partial charge on any atom is 0.230 e. The van der Waals surface area contributed by atoms with Gasteiger partial charge in [-0.05, 0) is 36.0 Å². The van der Waals surface area contributed by atoms with Gasteiger partial charge in [0.05, 0.1) is 11.8 Å². The molecular formula is C22H23N3OS. The summed E-state index contributed by atoms with van der Waals surface area (Å²) in [6, 6.07) is 18.9. The van der Waals surface area contributed by atoms with E-state index in [0.717, 1.165) is 31.0 Å². The van der Waals surface area contributed by atoms with E-state index in [1.165, 1.54) is 28.5 Å². The number of nitrogens with one attached hydrogen (secondary N) is 1. The summed E-state index contributed by atoms with van der Waals surface area (Å²) in [7, 11) is 0. The third-order valence-corrected chi connectivity index (χ3v) is 5.91.